The Kier molecular flexibility index (Phi) is 10.5. The van der Waals surface area contributed by atoms with Crippen molar-refractivity contribution in [1.29, 1.82) is 0 Å². The Hall–Kier alpha value is -2.43. The molecule has 18 heteroatoms. The van der Waals surface area contributed by atoms with E-state index in [2.05, 4.69) is 14.2 Å². The quantitative estimate of drug-likeness (QED) is 0.144. The summed E-state index contributed by atoms with van der Waals surface area (Å²) in [6.45, 7) is 9.90. The summed E-state index contributed by atoms with van der Waals surface area (Å²) >= 11 is 0. The molecule has 0 aliphatic rings. The largest absolute Gasteiger partial charge is 0.440 e. The first-order valence-corrected chi connectivity index (χ1v) is 10.6. The molecule has 0 spiro atoms. The van der Waals surface area contributed by atoms with Crippen molar-refractivity contribution in [3.8, 4) is 0 Å². The van der Waals surface area contributed by atoms with Crippen LogP contribution < -0.4 is 0 Å². The fourth-order valence-corrected chi connectivity index (χ4v) is 3.13. The van der Waals surface area contributed by atoms with Gasteiger partial charge in [0, 0.05) is 0 Å². The summed E-state index contributed by atoms with van der Waals surface area (Å²) in [4.78, 5) is 37.4. The van der Waals surface area contributed by atoms with Crippen LogP contribution in [0.2, 0.25) is 0 Å². The Balaban J connectivity index is 6.75. The first-order chi connectivity index (χ1) is 16.7. The number of carbonyl (C=O) groups excluding carboxylic acids is 3. The fourth-order valence-electron chi connectivity index (χ4n) is 3.13. The number of hydrogen-bond acceptors (Lipinski definition) is 6. The molecule has 1 unspecified atom stereocenters. The Labute approximate surface area is 214 Å². The van der Waals surface area contributed by atoms with Gasteiger partial charge in [0.15, 0.2) is 0 Å². The second-order valence-electron chi connectivity index (χ2n) is 10.9. The molecule has 1 atom stereocenters. The molecule has 0 bridgehead atoms. The summed E-state index contributed by atoms with van der Waals surface area (Å²) in [7, 11) is 0. The molecule has 0 aromatic heterocycles. The van der Waals surface area contributed by atoms with Crippen LogP contribution in [0.15, 0.2) is 0 Å². The summed E-state index contributed by atoms with van der Waals surface area (Å²) in [6, 6.07) is 0. The van der Waals surface area contributed by atoms with Crippen LogP contribution in [-0.2, 0) is 28.6 Å². The van der Waals surface area contributed by atoms with Crippen LogP contribution in [0.5, 0.6) is 0 Å². The van der Waals surface area contributed by atoms with Gasteiger partial charge in [-0.3, -0.25) is 4.79 Å². The third-order valence-electron chi connectivity index (χ3n) is 5.30. The molecule has 0 radical (unpaired) electrons. The van der Waals surface area contributed by atoms with Gasteiger partial charge in [-0.05, 0) is 24.2 Å². The molecule has 0 saturated carbocycles. The van der Waals surface area contributed by atoms with Gasteiger partial charge >= 0.3 is 42.6 Å². The molecule has 0 aliphatic carbocycles. The van der Waals surface area contributed by atoms with E-state index in [9.17, 15) is 67.1 Å². The number of alkyl halides is 12. The van der Waals surface area contributed by atoms with Crippen LogP contribution in [0.3, 0.4) is 0 Å². The number of carbonyl (C=O) groups is 3. The van der Waals surface area contributed by atoms with Crippen molar-refractivity contribution in [2.45, 2.75) is 97.9 Å². The number of hydrogen-bond donors (Lipinski definition) is 0. The van der Waals surface area contributed by atoms with E-state index in [-0.39, 0.29) is 6.42 Å². The minimum atomic E-state index is -6.40. The lowest BCUT2D eigenvalue weighted by Gasteiger charge is -2.43. The topological polar surface area (TPSA) is 78.9 Å². The minimum Gasteiger partial charge on any atom is -0.440 e. The third kappa shape index (κ3) is 10.2. The van der Waals surface area contributed by atoms with Crippen LogP contribution in [-0.4, -0.2) is 60.9 Å². The zero-order chi connectivity index (χ0) is 31.8. The number of ether oxygens (including phenoxy) is 3. The zero-order valence-electron chi connectivity index (χ0n) is 21.4. The van der Waals surface area contributed by atoms with E-state index in [1.54, 1.807) is 20.8 Å². The maximum Gasteiger partial charge on any atom is 0.434 e. The third-order valence-corrected chi connectivity index (χ3v) is 5.30. The maximum atomic E-state index is 13.0. The van der Waals surface area contributed by atoms with Gasteiger partial charge in [0.2, 0.25) is 0 Å². The molecule has 0 aromatic carbocycles. The Morgan fingerprint density at radius 1 is 0.538 bits per heavy atom. The van der Waals surface area contributed by atoms with Crippen molar-refractivity contribution < 1.29 is 81.3 Å². The number of esters is 3. The smallest absolute Gasteiger partial charge is 0.434 e. The van der Waals surface area contributed by atoms with Gasteiger partial charge in [-0.25, -0.2) is 9.59 Å². The average molecular weight is 602 g/mol. The summed E-state index contributed by atoms with van der Waals surface area (Å²) in [6.07, 6.45) is -39.7. The molecule has 0 N–H and O–H groups in total. The zero-order valence-corrected chi connectivity index (χ0v) is 21.4. The molecule has 230 valence electrons. The average Bonchev–Trinajstić information content (AvgIpc) is 2.61. The van der Waals surface area contributed by atoms with E-state index in [1.165, 1.54) is 20.8 Å². The molecule has 0 aromatic rings. The van der Waals surface area contributed by atoms with E-state index >= 15 is 0 Å². The van der Waals surface area contributed by atoms with Crippen LogP contribution in [0.4, 0.5) is 52.7 Å². The van der Waals surface area contributed by atoms with Crippen LogP contribution in [0.1, 0.15) is 54.9 Å². The van der Waals surface area contributed by atoms with Gasteiger partial charge in [0.05, 0.1) is 5.41 Å². The predicted octanol–water partition coefficient (Wildman–Crippen LogP) is 6.46. The molecule has 0 heterocycles. The van der Waals surface area contributed by atoms with Gasteiger partial charge in [-0.15, -0.1) is 0 Å². The highest BCUT2D eigenvalue weighted by atomic mass is 19.4. The van der Waals surface area contributed by atoms with Crippen molar-refractivity contribution in [1.82, 2.24) is 0 Å². The molecule has 0 saturated heterocycles. The van der Waals surface area contributed by atoms with E-state index in [4.69, 9.17) is 0 Å². The van der Waals surface area contributed by atoms with Crippen molar-refractivity contribution in [2.24, 2.45) is 16.2 Å². The molecular formula is C21H26F12O6. The summed E-state index contributed by atoms with van der Waals surface area (Å²) in [5, 5.41) is 0. The lowest BCUT2D eigenvalue weighted by Crippen LogP contribution is -2.53. The number of rotatable bonds is 7. The predicted molar refractivity (Wildman–Crippen MR) is 105 cm³/mol. The highest BCUT2D eigenvalue weighted by Gasteiger charge is 2.63. The first-order valence-electron chi connectivity index (χ1n) is 10.6. The monoisotopic (exact) mass is 602 g/mol. The van der Waals surface area contributed by atoms with Gasteiger partial charge in [0.25, 0.3) is 18.3 Å². The number of halogens is 12. The summed E-state index contributed by atoms with van der Waals surface area (Å²) in [5.41, 5.74) is -3.89. The summed E-state index contributed by atoms with van der Waals surface area (Å²) in [5.74, 6) is -7.90. The van der Waals surface area contributed by atoms with Gasteiger partial charge in [-0.2, -0.15) is 52.7 Å². The van der Waals surface area contributed by atoms with Crippen molar-refractivity contribution in [3.05, 3.63) is 0 Å². The maximum absolute atomic E-state index is 13.0. The second-order valence-corrected chi connectivity index (χ2v) is 10.9. The van der Waals surface area contributed by atoms with Crippen molar-refractivity contribution in [3.63, 3.8) is 0 Å². The van der Waals surface area contributed by atoms with Crippen LogP contribution in [0.25, 0.3) is 0 Å². The molecule has 0 rings (SSSR count). The van der Waals surface area contributed by atoms with E-state index in [0.717, 1.165) is 6.92 Å². The molecule has 0 aliphatic heterocycles. The Bertz CT molecular complexity index is 816. The molecule has 0 fully saturated rings. The van der Waals surface area contributed by atoms with E-state index < -0.39 is 77.2 Å². The van der Waals surface area contributed by atoms with Gasteiger partial charge in [0.1, 0.15) is 0 Å². The molecule has 6 nitrogen and oxygen atoms in total. The Morgan fingerprint density at radius 3 is 1.03 bits per heavy atom. The standard InChI is InChI=1S/C21H26F12O6/c1-15(2,3)8-17(7,16(4,5)6)14(36)37-9(10(34)38-12(18(22,23)24)19(25,26)27)11(35)39-13(20(28,29)30)21(31,32)33/h9,12-13H,8H2,1-7H3. The molecular weight excluding hydrogens is 576 g/mol. The second kappa shape index (κ2) is 11.2. The molecule has 39 heavy (non-hydrogen) atoms. The van der Waals surface area contributed by atoms with Crippen LogP contribution >= 0.6 is 0 Å². The van der Waals surface area contributed by atoms with Crippen LogP contribution in [0, 0.1) is 16.2 Å². The normalized spacial score (nSPS) is 15.8. The van der Waals surface area contributed by atoms with Gasteiger partial charge in [-0.1, -0.05) is 41.5 Å². The SMILES string of the molecule is CC(C)(C)CC(C)(C(=O)OC(C(=O)OC(C(F)(F)F)C(F)(F)F)C(=O)OC(C(F)(F)F)C(F)(F)F)C(C)(C)C. The lowest BCUT2D eigenvalue weighted by atomic mass is 9.61. The highest BCUT2D eigenvalue weighted by molar-refractivity contribution is 6.00. The van der Waals surface area contributed by atoms with E-state index in [1.807, 2.05) is 0 Å². The molecule has 0 amide bonds. The van der Waals surface area contributed by atoms with E-state index in [0.29, 0.717) is 0 Å². The summed E-state index contributed by atoms with van der Waals surface area (Å²) < 4.78 is 165. The first kappa shape index (κ1) is 36.6. The van der Waals surface area contributed by atoms with Crippen molar-refractivity contribution in [2.75, 3.05) is 0 Å². The van der Waals surface area contributed by atoms with Crippen molar-refractivity contribution >= 4 is 17.9 Å². The Morgan fingerprint density at radius 2 is 0.821 bits per heavy atom. The lowest BCUT2D eigenvalue weighted by molar-refractivity contribution is -0.319. The van der Waals surface area contributed by atoms with Gasteiger partial charge < -0.3 is 14.2 Å². The minimum absolute atomic E-state index is 0.222. The fraction of sp³-hybridized carbons (Fsp3) is 0.857. The highest BCUT2D eigenvalue weighted by Crippen LogP contribution is 2.48.